The standard InChI is InChI=1S/C23H18Cl2O3/c1-27-23-12-8-16(13-17(23)15-28-19-5-3-2-4-6-19)7-11-22(26)20-10-9-18(24)14-21(20)25/h2-14H,15H2,1H3/b11-7+. The number of allylic oxidation sites excluding steroid dienone is 1. The summed E-state index contributed by atoms with van der Waals surface area (Å²) in [7, 11) is 1.61. The van der Waals surface area contributed by atoms with E-state index in [9.17, 15) is 4.79 Å². The minimum absolute atomic E-state index is 0.195. The summed E-state index contributed by atoms with van der Waals surface area (Å²) in [5, 5.41) is 0.817. The molecule has 0 bridgehead atoms. The molecule has 3 aromatic carbocycles. The molecule has 3 aromatic rings. The molecule has 0 amide bonds. The van der Waals surface area contributed by atoms with Crippen molar-refractivity contribution in [2.24, 2.45) is 0 Å². The summed E-state index contributed by atoms with van der Waals surface area (Å²) in [4.78, 5) is 12.4. The zero-order valence-electron chi connectivity index (χ0n) is 15.2. The van der Waals surface area contributed by atoms with Crippen molar-refractivity contribution in [3.63, 3.8) is 0 Å². The average molecular weight is 413 g/mol. The van der Waals surface area contributed by atoms with E-state index in [-0.39, 0.29) is 5.78 Å². The number of para-hydroxylation sites is 1. The third-order valence-corrected chi connectivity index (χ3v) is 4.61. The predicted octanol–water partition coefficient (Wildman–Crippen LogP) is 6.48. The summed E-state index contributed by atoms with van der Waals surface area (Å²) >= 11 is 12.0. The lowest BCUT2D eigenvalue weighted by atomic mass is 10.1. The lowest BCUT2D eigenvalue weighted by molar-refractivity contribution is 0.104. The Morgan fingerprint density at radius 2 is 1.79 bits per heavy atom. The van der Waals surface area contributed by atoms with Crippen LogP contribution in [0.15, 0.2) is 72.8 Å². The maximum absolute atomic E-state index is 12.4. The molecule has 0 atom stereocenters. The number of ether oxygens (including phenoxy) is 2. The number of methoxy groups -OCH3 is 1. The van der Waals surface area contributed by atoms with Gasteiger partial charge in [0.1, 0.15) is 18.1 Å². The van der Waals surface area contributed by atoms with E-state index in [1.165, 1.54) is 6.08 Å². The van der Waals surface area contributed by atoms with Gasteiger partial charge < -0.3 is 9.47 Å². The van der Waals surface area contributed by atoms with Crippen molar-refractivity contribution in [3.8, 4) is 11.5 Å². The molecule has 0 N–H and O–H groups in total. The van der Waals surface area contributed by atoms with Gasteiger partial charge in [0.15, 0.2) is 5.78 Å². The highest BCUT2D eigenvalue weighted by Crippen LogP contribution is 2.24. The zero-order chi connectivity index (χ0) is 19.9. The predicted molar refractivity (Wildman–Crippen MR) is 114 cm³/mol. The first-order chi connectivity index (χ1) is 13.6. The normalized spacial score (nSPS) is 10.8. The molecule has 0 fully saturated rings. The Morgan fingerprint density at radius 3 is 2.50 bits per heavy atom. The summed E-state index contributed by atoms with van der Waals surface area (Å²) in [6.07, 6.45) is 3.22. The van der Waals surface area contributed by atoms with Crippen LogP contribution in [0.4, 0.5) is 0 Å². The van der Waals surface area contributed by atoms with Gasteiger partial charge in [0.2, 0.25) is 0 Å². The van der Waals surface area contributed by atoms with E-state index in [1.54, 1.807) is 31.4 Å². The Kier molecular flexibility index (Phi) is 6.75. The van der Waals surface area contributed by atoms with Crippen molar-refractivity contribution in [3.05, 3.63) is 99.5 Å². The van der Waals surface area contributed by atoms with Crippen LogP contribution in [0.25, 0.3) is 6.08 Å². The van der Waals surface area contributed by atoms with Crippen molar-refractivity contribution in [2.75, 3.05) is 7.11 Å². The van der Waals surface area contributed by atoms with Crippen molar-refractivity contribution < 1.29 is 14.3 Å². The fourth-order valence-electron chi connectivity index (χ4n) is 2.64. The molecule has 0 aliphatic heterocycles. The molecule has 0 aromatic heterocycles. The molecule has 0 saturated heterocycles. The number of benzene rings is 3. The Bertz CT molecular complexity index is 998. The van der Waals surface area contributed by atoms with E-state index in [4.69, 9.17) is 32.7 Å². The van der Waals surface area contributed by atoms with Crippen molar-refractivity contribution in [2.45, 2.75) is 6.61 Å². The molecule has 0 unspecified atom stereocenters. The quantitative estimate of drug-likeness (QED) is 0.329. The van der Waals surface area contributed by atoms with Crippen LogP contribution in [-0.2, 0) is 6.61 Å². The van der Waals surface area contributed by atoms with Gasteiger partial charge in [0.05, 0.1) is 12.1 Å². The number of hydrogen-bond acceptors (Lipinski definition) is 3. The fraction of sp³-hybridized carbons (Fsp3) is 0.0870. The van der Waals surface area contributed by atoms with Gasteiger partial charge in [-0.25, -0.2) is 0 Å². The smallest absolute Gasteiger partial charge is 0.187 e. The second-order valence-electron chi connectivity index (χ2n) is 5.99. The van der Waals surface area contributed by atoms with Crippen LogP contribution in [0.3, 0.4) is 0 Å². The Hall–Kier alpha value is -2.75. The summed E-state index contributed by atoms with van der Waals surface area (Å²) in [5.41, 5.74) is 2.14. The molecular weight excluding hydrogens is 395 g/mol. The van der Waals surface area contributed by atoms with Crippen LogP contribution < -0.4 is 9.47 Å². The first-order valence-corrected chi connectivity index (χ1v) is 9.34. The van der Waals surface area contributed by atoms with Gasteiger partial charge in [-0.1, -0.05) is 53.5 Å². The highest BCUT2D eigenvalue weighted by atomic mass is 35.5. The number of carbonyl (C=O) groups is 1. The number of carbonyl (C=O) groups excluding carboxylic acids is 1. The van der Waals surface area contributed by atoms with Gasteiger partial charge in [-0.15, -0.1) is 0 Å². The van der Waals surface area contributed by atoms with Crippen LogP contribution in [0.1, 0.15) is 21.5 Å². The van der Waals surface area contributed by atoms with E-state index in [0.717, 1.165) is 22.6 Å². The molecule has 5 heteroatoms. The Balaban J connectivity index is 1.76. The fourth-order valence-corrected chi connectivity index (χ4v) is 3.15. The monoisotopic (exact) mass is 412 g/mol. The van der Waals surface area contributed by atoms with Gasteiger partial charge in [-0.3, -0.25) is 4.79 Å². The first kappa shape index (κ1) is 20.0. The lowest BCUT2D eigenvalue weighted by Crippen LogP contribution is -1.99. The molecule has 3 rings (SSSR count). The van der Waals surface area contributed by atoms with Crippen molar-refractivity contribution in [1.82, 2.24) is 0 Å². The molecular formula is C23H18Cl2O3. The third kappa shape index (κ3) is 5.16. The number of ketones is 1. The molecule has 0 aliphatic rings. The van der Waals surface area contributed by atoms with Gasteiger partial charge in [-0.05, 0) is 54.1 Å². The molecule has 0 radical (unpaired) electrons. The van der Waals surface area contributed by atoms with Gasteiger partial charge in [0, 0.05) is 16.1 Å². The highest BCUT2D eigenvalue weighted by molar-refractivity contribution is 6.37. The van der Waals surface area contributed by atoms with E-state index >= 15 is 0 Å². The third-order valence-electron chi connectivity index (χ3n) is 4.07. The maximum atomic E-state index is 12.4. The Morgan fingerprint density at radius 1 is 1.00 bits per heavy atom. The minimum atomic E-state index is -0.195. The van der Waals surface area contributed by atoms with Crippen LogP contribution >= 0.6 is 23.2 Å². The first-order valence-electron chi connectivity index (χ1n) is 8.59. The SMILES string of the molecule is COc1ccc(/C=C/C(=O)c2ccc(Cl)cc2Cl)cc1COc1ccccc1. The second-order valence-corrected chi connectivity index (χ2v) is 6.84. The van der Waals surface area contributed by atoms with Crippen LogP contribution in [0.5, 0.6) is 11.5 Å². The minimum Gasteiger partial charge on any atom is -0.496 e. The topological polar surface area (TPSA) is 35.5 Å². The van der Waals surface area contributed by atoms with Crippen molar-refractivity contribution in [1.29, 1.82) is 0 Å². The molecule has 3 nitrogen and oxygen atoms in total. The average Bonchev–Trinajstić information content (AvgIpc) is 2.71. The zero-order valence-corrected chi connectivity index (χ0v) is 16.7. The molecule has 0 saturated carbocycles. The summed E-state index contributed by atoms with van der Waals surface area (Å²) in [6.45, 7) is 0.353. The van der Waals surface area contributed by atoms with Crippen LogP contribution in [0.2, 0.25) is 10.0 Å². The highest BCUT2D eigenvalue weighted by Gasteiger charge is 2.09. The molecule has 0 heterocycles. The number of rotatable bonds is 7. The Labute approximate surface area is 174 Å². The van der Waals surface area contributed by atoms with Gasteiger partial charge in [-0.2, -0.15) is 0 Å². The summed E-state index contributed by atoms with van der Waals surface area (Å²) < 4.78 is 11.2. The van der Waals surface area contributed by atoms with Gasteiger partial charge in [0.25, 0.3) is 0 Å². The molecule has 0 aliphatic carbocycles. The van der Waals surface area contributed by atoms with Gasteiger partial charge >= 0.3 is 0 Å². The molecule has 0 spiro atoms. The number of hydrogen-bond donors (Lipinski definition) is 0. The van der Waals surface area contributed by atoms with Crippen LogP contribution in [0, 0.1) is 0 Å². The summed E-state index contributed by atoms with van der Waals surface area (Å²) in [6, 6.07) is 20.0. The van der Waals surface area contributed by atoms with E-state index < -0.39 is 0 Å². The lowest BCUT2D eigenvalue weighted by Gasteiger charge is -2.11. The largest absolute Gasteiger partial charge is 0.496 e. The van der Waals surface area contributed by atoms with Crippen LogP contribution in [-0.4, -0.2) is 12.9 Å². The summed E-state index contributed by atoms with van der Waals surface area (Å²) in [5.74, 6) is 1.30. The maximum Gasteiger partial charge on any atom is 0.187 e. The van der Waals surface area contributed by atoms with E-state index in [2.05, 4.69) is 0 Å². The van der Waals surface area contributed by atoms with E-state index in [0.29, 0.717) is 22.2 Å². The molecule has 28 heavy (non-hydrogen) atoms. The van der Waals surface area contributed by atoms with Crippen molar-refractivity contribution >= 4 is 35.1 Å². The second kappa shape index (κ2) is 9.45. The van der Waals surface area contributed by atoms with E-state index in [1.807, 2.05) is 48.5 Å². The molecule has 142 valence electrons. The number of halogens is 2.